The molecule has 0 aliphatic carbocycles. The van der Waals surface area contributed by atoms with E-state index in [4.69, 9.17) is 23.2 Å². The summed E-state index contributed by atoms with van der Waals surface area (Å²) in [5.74, 6) is -0.433. The van der Waals surface area contributed by atoms with Crippen LogP contribution in [0, 0.1) is 12.7 Å². The summed E-state index contributed by atoms with van der Waals surface area (Å²) in [5.41, 5.74) is 3.10. The molecule has 188 valence electrons. The van der Waals surface area contributed by atoms with Gasteiger partial charge in [-0.1, -0.05) is 53.0 Å². The number of benzene rings is 3. The summed E-state index contributed by atoms with van der Waals surface area (Å²) >= 11 is 12.0. The predicted molar refractivity (Wildman–Crippen MR) is 141 cm³/mol. The average molecular weight is 528 g/mol. The lowest BCUT2D eigenvalue weighted by Gasteiger charge is -2.36. The van der Waals surface area contributed by atoms with Crippen LogP contribution in [0.3, 0.4) is 0 Å². The number of nitrogens with zero attached hydrogens (tertiary/aromatic N) is 3. The van der Waals surface area contributed by atoms with Gasteiger partial charge in [-0.05, 0) is 55.0 Å². The normalized spacial score (nSPS) is 14.1. The lowest BCUT2D eigenvalue weighted by atomic mass is 10.1. The van der Waals surface area contributed by atoms with Crippen LogP contribution in [-0.2, 0) is 6.54 Å². The fourth-order valence-electron chi connectivity index (χ4n) is 4.19. The first kappa shape index (κ1) is 26.1. The SMILES string of the molecule is Cc1ccc(C(=O)N(CCN2CCN(C(=O)c3ccc(Cl)c(Cl)c3)CC2)Cc2ccc(F)cc2)cc1. The van der Waals surface area contributed by atoms with Crippen molar-refractivity contribution in [1.29, 1.82) is 0 Å². The van der Waals surface area contributed by atoms with Gasteiger partial charge in [-0.15, -0.1) is 0 Å². The van der Waals surface area contributed by atoms with Crippen LogP contribution in [0.15, 0.2) is 66.7 Å². The first-order chi connectivity index (χ1) is 17.3. The molecule has 0 saturated carbocycles. The van der Waals surface area contributed by atoms with Crippen LogP contribution >= 0.6 is 23.2 Å². The number of hydrogen-bond donors (Lipinski definition) is 0. The van der Waals surface area contributed by atoms with Gasteiger partial charge in [-0.3, -0.25) is 14.5 Å². The van der Waals surface area contributed by atoms with Crippen LogP contribution in [0.4, 0.5) is 4.39 Å². The number of amides is 2. The molecule has 0 spiro atoms. The van der Waals surface area contributed by atoms with Gasteiger partial charge in [0.05, 0.1) is 10.0 Å². The van der Waals surface area contributed by atoms with Crippen LogP contribution in [0.2, 0.25) is 10.0 Å². The number of piperazine rings is 1. The van der Waals surface area contributed by atoms with E-state index in [2.05, 4.69) is 4.90 Å². The van der Waals surface area contributed by atoms with Gasteiger partial charge < -0.3 is 9.80 Å². The van der Waals surface area contributed by atoms with Crippen molar-refractivity contribution >= 4 is 35.0 Å². The Morgan fingerprint density at radius 2 is 1.50 bits per heavy atom. The Labute approximate surface area is 221 Å². The molecule has 4 rings (SSSR count). The van der Waals surface area contributed by atoms with E-state index in [-0.39, 0.29) is 17.6 Å². The average Bonchev–Trinajstić information content (AvgIpc) is 2.89. The van der Waals surface area contributed by atoms with Crippen molar-refractivity contribution in [2.45, 2.75) is 13.5 Å². The molecular weight excluding hydrogens is 500 g/mol. The molecule has 1 saturated heterocycles. The smallest absolute Gasteiger partial charge is 0.254 e. The van der Waals surface area contributed by atoms with E-state index < -0.39 is 0 Å². The molecule has 3 aromatic rings. The Morgan fingerprint density at radius 1 is 0.861 bits per heavy atom. The van der Waals surface area contributed by atoms with Crippen molar-refractivity contribution in [3.63, 3.8) is 0 Å². The Bertz CT molecular complexity index is 1210. The van der Waals surface area contributed by atoms with E-state index in [0.717, 1.165) is 11.1 Å². The first-order valence-corrected chi connectivity index (χ1v) is 12.6. The minimum Gasteiger partial charge on any atom is -0.336 e. The molecule has 2 amide bonds. The Balaban J connectivity index is 1.37. The third-order valence-electron chi connectivity index (χ3n) is 6.38. The van der Waals surface area contributed by atoms with Gasteiger partial charge in [0.15, 0.2) is 0 Å². The number of carbonyl (C=O) groups is 2. The minimum absolute atomic E-state index is 0.0623. The zero-order valence-corrected chi connectivity index (χ0v) is 21.6. The Kier molecular flexibility index (Phi) is 8.62. The number of rotatable bonds is 7. The highest BCUT2D eigenvalue weighted by Gasteiger charge is 2.24. The van der Waals surface area contributed by atoms with Gasteiger partial charge in [0.2, 0.25) is 0 Å². The quantitative estimate of drug-likeness (QED) is 0.405. The molecule has 1 aliphatic heterocycles. The Hall–Kier alpha value is -2.93. The molecule has 1 aliphatic rings. The van der Waals surface area contributed by atoms with Crippen LogP contribution in [0.5, 0.6) is 0 Å². The van der Waals surface area contributed by atoms with Gasteiger partial charge in [0.1, 0.15) is 5.82 Å². The maximum absolute atomic E-state index is 13.4. The van der Waals surface area contributed by atoms with Crippen molar-refractivity contribution in [2.75, 3.05) is 39.3 Å². The number of carbonyl (C=O) groups excluding carboxylic acids is 2. The maximum atomic E-state index is 13.4. The summed E-state index contributed by atoms with van der Waals surface area (Å²) in [4.78, 5) is 32.0. The monoisotopic (exact) mass is 527 g/mol. The summed E-state index contributed by atoms with van der Waals surface area (Å²) in [6.07, 6.45) is 0. The first-order valence-electron chi connectivity index (χ1n) is 11.9. The highest BCUT2D eigenvalue weighted by atomic mass is 35.5. The standard InChI is InChI=1S/C28H28Cl2FN3O2/c1-20-2-6-22(7-3-20)27(35)34(19-21-4-9-24(31)10-5-21)17-14-32-12-15-33(16-13-32)28(36)23-8-11-25(29)26(30)18-23/h2-11,18H,12-17,19H2,1H3. The van der Waals surface area contributed by atoms with Crippen LogP contribution in [0.25, 0.3) is 0 Å². The molecule has 0 aromatic heterocycles. The van der Waals surface area contributed by atoms with E-state index >= 15 is 0 Å². The van der Waals surface area contributed by atoms with E-state index in [0.29, 0.717) is 67.0 Å². The van der Waals surface area contributed by atoms with E-state index in [1.54, 1.807) is 35.2 Å². The molecule has 0 atom stereocenters. The van der Waals surface area contributed by atoms with Gasteiger partial charge in [-0.2, -0.15) is 0 Å². The molecule has 3 aromatic carbocycles. The number of aryl methyl sites for hydroxylation is 1. The van der Waals surface area contributed by atoms with Crippen LogP contribution in [0.1, 0.15) is 31.8 Å². The largest absolute Gasteiger partial charge is 0.336 e. The second-order valence-electron chi connectivity index (χ2n) is 8.98. The molecule has 1 heterocycles. The third-order valence-corrected chi connectivity index (χ3v) is 7.12. The molecule has 0 radical (unpaired) electrons. The number of hydrogen-bond acceptors (Lipinski definition) is 3. The van der Waals surface area contributed by atoms with Gasteiger partial charge in [-0.25, -0.2) is 4.39 Å². The summed E-state index contributed by atoms with van der Waals surface area (Å²) in [6, 6.07) is 18.7. The van der Waals surface area contributed by atoms with Crippen molar-refractivity contribution in [2.24, 2.45) is 0 Å². The Morgan fingerprint density at radius 3 is 2.14 bits per heavy atom. The van der Waals surface area contributed by atoms with E-state index in [1.165, 1.54) is 12.1 Å². The topological polar surface area (TPSA) is 43.9 Å². The highest BCUT2D eigenvalue weighted by Crippen LogP contribution is 2.23. The molecular formula is C28H28Cl2FN3O2. The van der Waals surface area contributed by atoms with Crippen molar-refractivity contribution in [1.82, 2.24) is 14.7 Å². The van der Waals surface area contributed by atoms with Crippen LogP contribution < -0.4 is 0 Å². The highest BCUT2D eigenvalue weighted by molar-refractivity contribution is 6.42. The van der Waals surface area contributed by atoms with Gasteiger partial charge >= 0.3 is 0 Å². The fourth-order valence-corrected chi connectivity index (χ4v) is 4.49. The number of halogens is 3. The lowest BCUT2D eigenvalue weighted by Crippen LogP contribution is -2.50. The fraction of sp³-hybridized carbons (Fsp3) is 0.286. The van der Waals surface area contributed by atoms with Crippen molar-refractivity contribution in [3.8, 4) is 0 Å². The second kappa shape index (κ2) is 11.9. The molecule has 0 N–H and O–H groups in total. The molecule has 1 fully saturated rings. The third kappa shape index (κ3) is 6.64. The molecule has 0 unspecified atom stereocenters. The predicted octanol–water partition coefficient (Wildman–Crippen LogP) is 5.54. The zero-order valence-electron chi connectivity index (χ0n) is 20.1. The molecule has 36 heavy (non-hydrogen) atoms. The summed E-state index contributed by atoms with van der Waals surface area (Å²) in [5, 5.41) is 0.782. The lowest BCUT2D eigenvalue weighted by molar-refractivity contribution is 0.0598. The molecule has 0 bridgehead atoms. The summed E-state index contributed by atoms with van der Waals surface area (Å²) < 4.78 is 13.4. The van der Waals surface area contributed by atoms with E-state index in [9.17, 15) is 14.0 Å². The van der Waals surface area contributed by atoms with Crippen molar-refractivity contribution in [3.05, 3.63) is 105 Å². The summed E-state index contributed by atoms with van der Waals surface area (Å²) in [7, 11) is 0. The zero-order chi connectivity index (χ0) is 25.7. The second-order valence-corrected chi connectivity index (χ2v) is 9.80. The molecule has 8 heteroatoms. The molecule has 5 nitrogen and oxygen atoms in total. The van der Waals surface area contributed by atoms with Crippen molar-refractivity contribution < 1.29 is 14.0 Å². The van der Waals surface area contributed by atoms with Gasteiger partial charge in [0.25, 0.3) is 11.8 Å². The maximum Gasteiger partial charge on any atom is 0.254 e. The summed E-state index contributed by atoms with van der Waals surface area (Å²) in [6.45, 7) is 6.15. The van der Waals surface area contributed by atoms with E-state index in [1.807, 2.05) is 36.1 Å². The van der Waals surface area contributed by atoms with Gasteiger partial charge in [0, 0.05) is 56.9 Å². The van der Waals surface area contributed by atoms with Crippen LogP contribution in [-0.4, -0.2) is 65.8 Å². The minimum atomic E-state index is -0.302.